The SMILES string of the molecule is CCN(CCCCCC(=O)O)c1ccc2c(c1)OC1=C(S(=O)(=O)O)C(=O)CC(C)(C)C1=C2. The zero-order chi connectivity index (χ0) is 23.7. The fraction of sp³-hybridized carbons (Fsp3) is 0.478. The molecule has 0 amide bonds. The summed E-state index contributed by atoms with van der Waals surface area (Å²) in [5, 5.41) is 8.75. The van der Waals surface area contributed by atoms with Crippen LogP contribution in [0.3, 0.4) is 0 Å². The van der Waals surface area contributed by atoms with Crippen molar-refractivity contribution < 1.29 is 32.4 Å². The highest BCUT2D eigenvalue weighted by Gasteiger charge is 2.44. The molecule has 1 aromatic carbocycles. The first-order valence-corrected chi connectivity index (χ1v) is 12.1. The van der Waals surface area contributed by atoms with Gasteiger partial charge in [-0.25, -0.2) is 0 Å². The Bertz CT molecular complexity index is 1100. The Hall–Kier alpha value is -2.65. The maximum Gasteiger partial charge on any atom is 0.303 e. The number of unbranched alkanes of at least 4 members (excludes halogenated alkanes) is 2. The Labute approximate surface area is 188 Å². The Morgan fingerprint density at radius 2 is 1.94 bits per heavy atom. The Morgan fingerprint density at radius 3 is 2.56 bits per heavy atom. The van der Waals surface area contributed by atoms with Gasteiger partial charge in [-0.2, -0.15) is 8.42 Å². The number of ketones is 1. The third-order valence-corrected chi connectivity index (χ3v) is 6.80. The monoisotopic (exact) mass is 463 g/mol. The lowest BCUT2D eigenvalue weighted by Gasteiger charge is -2.36. The summed E-state index contributed by atoms with van der Waals surface area (Å²) in [6, 6.07) is 5.64. The van der Waals surface area contributed by atoms with Crippen LogP contribution in [0.2, 0.25) is 0 Å². The van der Waals surface area contributed by atoms with Crippen LogP contribution in [0.25, 0.3) is 6.08 Å². The molecule has 0 bridgehead atoms. The van der Waals surface area contributed by atoms with Crippen LogP contribution in [0.1, 0.15) is 58.4 Å². The molecule has 3 rings (SSSR count). The van der Waals surface area contributed by atoms with Crippen molar-refractivity contribution in [3.05, 3.63) is 40.0 Å². The second-order valence-corrected chi connectivity index (χ2v) is 10.1. The van der Waals surface area contributed by atoms with Gasteiger partial charge < -0.3 is 14.7 Å². The molecule has 0 saturated heterocycles. The molecule has 0 spiro atoms. The van der Waals surface area contributed by atoms with Crippen molar-refractivity contribution in [1.82, 2.24) is 0 Å². The van der Waals surface area contributed by atoms with Gasteiger partial charge in [-0.05, 0) is 38.0 Å². The van der Waals surface area contributed by atoms with Gasteiger partial charge in [0.2, 0.25) is 0 Å². The molecule has 2 N–H and O–H groups in total. The minimum absolute atomic E-state index is 0.0419. The molecule has 9 heteroatoms. The van der Waals surface area contributed by atoms with Gasteiger partial charge in [0.15, 0.2) is 16.4 Å². The van der Waals surface area contributed by atoms with Crippen LogP contribution in [0, 0.1) is 5.41 Å². The molecule has 0 unspecified atom stereocenters. The average Bonchev–Trinajstić information content (AvgIpc) is 2.67. The molecule has 0 atom stereocenters. The summed E-state index contributed by atoms with van der Waals surface area (Å²) in [4.78, 5) is 24.6. The number of nitrogens with zero attached hydrogens (tertiary/aromatic N) is 1. The van der Waals surface area contributed by atoms with Crippen molar-refractivity contribution in [3.63, 3.8) is 0 Å². The second kappa shape index (κ2) is 9.07. The first-order chi connectivity index (χ1) is 14.9. The van der Waals surface area contributed by atoms with Crippen molar-refractivity contribution in [2.45, 2.75) is 52.9 Å². The summed E-state index contributed by atoms with van der Waals surface area (Å²) in [5.41, 5.74) is 1.57. The molecule has 0 aromatic heterocycles. The summed E-state index contributed by atoms with van der Waals surface area (Å²) in [6.45, 7) is 7.15. The number of carboxylic acid groups (broad SMARTS) is 1. The summed E-state index contributed by atoms with van der Waals surface area (Å²) in [6.07, 6.45) is 4.21. The summed E-state index contributed by atoms with van der Waals surface area (Å²) in [5.74, 6) is -1.15. The summed E-state index contributed by atoms with van der Waals surface area (Å²) >= 11 is 0. The number of anilines is 1. The quantitative estimate of drug-likeness (QED) is 0.416. The van der Waals surface area contributed by atoms with E-state index >= 15 is 0 Å². The van der Waals surface area contributed by atoms with Crippen LogP contribution in [0.5, 0.6) is 5.75 Å². The molecule has 1 aliphatic heterocycles. The number of carbonyl (C=O) groups excluding carboxylic acids is 1. The lowest BCUT2D eigenvalue weighted by atomic mass is 9.73. The molecule has 1 heterocycles. The van der Waals surface area contributed by atoms with Gasteiger partial charge in [0.05, 0.1) is 0 Å². The number of fused-ring (bicyclic) bond motifs is 2. The Balaban J connectivity index is 1.91. The Morgan fingerprint density at radius 1 is 1.22 bits per heavy atom. The number of rotatable bonds is 9. The lowest BCUT2D eigenvalue weighted by Crippen LogP contribution is -2.34. The fourth-order valence-electron chi connectivity index (χ4n) is 4.17. The lowest BCUT2D eigenvalue weighted by molar-refractivity contribution is -0.137. The van der Waals surface area contributed by atoms with Crippen LogP contribution in [-0.4, -0.2) is 42.9 Å². The van der Waals surface area contributed by atoms with E-state index in [9.17, 15) is 22.6 Å². The third kappa shape index (κ3) is 5.05. The summed E-state index contributed by atoms with van der Waals surface area (Å²) in [7, 11) is -4.74. The van der Waals surface area contributed by atoms with Gasteiger partial charge in [0.1, 0.15) is 5.75 Å². The topological polar surface area (TPSA) is 121 Å². The maximum atomic E-state index is 12.5. The molecule has 1 aliphatic carbocycles. The predicted molar refractivity (Wildman–Crippen MR) is 121 cm³/mol. The number of Topliss-reactive ketones (excluding diaryl/α,β-unsaturated/α-hetero) is 1. The summed E-state index contributed by atoms with van der Waals surface area (Å²) < 4.78 is 39.5. The van der Waals surface area contributed by atoms with Gasteiger partial charge in [-0.1, -0.05) is 20.3 Å². The zero-order valence-corrected chi connectivity index (χ0v) is 19.4. The van der Waals surface area contributed by atoms with E-state index in [1.807, 2.05) is 39.0 Å². The normalized spacial score (nSPS) is 17.2. The number of hydrogen-bond acceptors (Lipinski definition) is 6. The third-order valence-electron chi connectivity index (χ3n) is 5.87. The first-order valence-electron chi connectivity index (χ1n) is 10.7. The molecule has 32 heavy (non-hydrogen) atoms. The molecule has 0 saturated carbocycles. The smallest absolute Gasteiger partial charge is 0.303 e. The van der Waals surface area contributed by atoms with Gasteiger partial charge in [-0.3, -0.25) is 14.1 Å². The highest BCUT2D eigenvalue weighted by molar-refractivity contribution is 7.90. The minimum atomic E-state index is -4.74. The number of benzene rings is 1. The number of allylic oxidation sites excluding steroid dienone is 2. The minimum Gasteiger partial charge on any atom is -0.481 e. The zero-order valence-electron chi connectivity index (χ0n) is 18.6. The highest BCUT2D eigenvalue weighted by atomic mass is 32.2. The molecule has 174 valence electrons. The standard InChI is InChI=1S/C23H29NO7S/c1-4-24(11-7-5-6-8-20(26)27)16-10-9-15-12-17-21(31-19(15)13-16)22(32(28,29)30)18(25)14-23(17,2)3/h9-10,12-13H,4-8,11,14H2,1-3H3,(H,26,27)(H,28,29,30). The molecular weight excluding hydrogens is 434 g/mol. The van der Waals surface area contributed by atoms with Crippen LogP contribution in [-0.2, 0) is 19.7 Å². The van der Waals surface area contributed by atoms with Crippen molar-refractivity contribution in [1.29, 1.82) is 0 Å². The van der Waals surface area contributed by atoms with Gasteiger partial charge in [0, 0.05) is 54.2 Å². The largest absolute Gasteiger partial charge is 0.481 e. The van der Waals surface area contributed by atoms with Crippen molar-refractivity contribution in [3.8, 4) is 5.75 Å². The molecule has 0 fully saturated rings. The second-order valence-electron chi connectivity index (χ2n) is 8.78. The molecule has 8 nitrogen and oxygen atoms in total. The van der Waals surface area contributed by atoms with Crippen molar-refractivity contribution in [2.75, 3.05) is 18.0 Å². The molecular formula is C23H29NO7S. The van der Waals surface area contributed by atoms with E-state index in [-0.39, 0.29) is 18.6 Å². The van der Waals surface area contributed by atoms with E-state index in [1.165, 1.54) is 0 Å². The van der Waals surface area contributed by atoms with Crippen LogP contribution in [0.15, 0.2) is 34.4 Å². The van der Waals surface area contributed by atoms with Crippen LogP contribution in [0.4, 0.5) is 5.69 Å². The van der Waals surface area contributed by atoms with Crippen molar-refractivity contribution in [2.24, 2.45) is 5.41 Å². The van der Waals surface area contributed by atoms with Crippen LogP contribution >= 0.6 is 0 Å². The fourth-order valence-corrected chi connectivity index (χ4v) is 4.92. The Kier molecular flexibility index (Phi) is 6.80. The van der Waals surface area contributed by atoms with Crippen LogP contribution < -0.4 is 9.64 Å². The number of aliphatic carboxylic acids is 1. The van der Waals surface area contributed by atoms with E-state index in [2.05, 4.69) is 4.90 Å². The van der Waals surface area contributed by atoms with Crippen molar-refractivity contribution >= 4 is 33.6 Å². The van der Waals surface area contributed by atoms with Gasteiger partial charge in [0.25, 0.3) is 0 Å². The average molecular weight is 464 g/mol. The number of hydrogen-bond donors (Lipinski definition) is 2. The maximum absolute atomic E-state index is 12.5. The van der Waals surface area contributed by atoms with E-state index in [0.29, 0.717) is 17.7 Å². The highest BCUT2D eigenvalue weighted by Crippen LogP contribution is 2.48. The first kappa shape index (κ1) is 24.0. The molecule has 1 aromatic rings. The number of ether oxygens (including phenoxy) is 1. The molecule has 2 aliphatic rings. The number of carbonyl (C=O) groups is 2. The van der Waals surface area contributed by atoms with E-state index in [1.54, 1.807) is 6.07 Å². The van der Waals surface area contributed by atoms with E-state index < -0.39 is 32.2 Å². The van der Waals surface area contributed by atoms with Gasteiger partial charge >= 0.3 is 16.1 Å². The predicted octanol–water partition coefficient (Wildman–Crippen LogP) is 4.03. The molecule has 0 radical (unpaired) electrons. The van der Waals surface area contributed by atoms with E-state index in [0.717, 1.165) is 37.2 Å². The van der Waals surface area contributed by atoms with E-state index in [4.69, 9.17) is 9.84 Å². The number of carboxylic acids is 1. The van der Waals surface area contributed by atoms with Gasteiger partial charge in [-0.15, -0.1) is 0 Å².